The smallest absolute Gasteiger partial charge is 0.264 e. The maximum Gasteiger partial charge on any atom is 0.264 e. The normalized spacial score (nSPS) is 16.6. The van der Waals surface area contributed by atoms with E-state index in [1.807, 2.05) is 30.3 Å². The van der Waals surface area contributed by atoms with Crippen molar-refractivity contribution in [1.82, 2.24) is 15.1 Å². The van der Waals surface area contributed by atoms with Gasteiger partial charge in [0, 0.05) is 38.8 Å². The van der Waals surface area contributed by atoms with Crippen molar-refractivity contribution < 1.29 is 23.9 Å². The number of piperazine rings is 1. The third-order valence-electron chi connectivity index (χ3n) is 8.40. The number of benzene rings is 3. The summed E-state index contributed by atoms with van der Waals surface area (Å²) in [6.45, 7) is 5.88. The lowest BCUT2D eigenvalue weighted by molar-refractivity contribution is -0.109. The molecule has 0 radical (unpaired) electrons. The van der Waals surface area contributed by atoms with Gasteiger partial charge in [0.05, 0.1) is 37.1 Å². The van der Waals surface area contributed by atoms with Gasteiger partial charge in [0.2, 0.25) is 6.41 Å². The molecule has 2 atom stereocenters. The first kappa shape index (κ1) is 29.1. The van der Waals surface area contributed by atoms with Gasteiger partial charge in [-0.3, -0.25) is 24.2 Å². The van der Waals surface area contributed by atoms with Crippen molar-refractivity contribution >= 4 is 23.9 Å². The largest absolute Gasteiger partial charge is 0.493 e. The summed E-state index contributed by atoms with van der Waals surface area (Å²) in [4.78, 5) is 44.9. The highest BCUT2D eigenvalue weighted by Crippen LogP contribution is 2.40. The van der Waals surface area contributed by atoms with Gasteiger partial charge in [0.25, 0.3) is 11.8 Å². The van der Waals surface area contributed by atoms with Gasteiger partial charge in [-0.05, 0) is 55.2 Å². The number of anilines is 1. The number of amides is 3. The molecule has 2 aliphatic heterocycles. The zero-order valence-electron chi connectivity index (χ0n) is 24.4. The average molecular weight is 571 g/mol. The number of carbonyl (C=O) groups excluding carboxylic acids is 3. The van der Waals surface area contributed by atoms with E-state index in [0.717, 1.165) is 37.4 Å². The van der Waals surface area contributed by atoms with Crippen molar-refractivity contribution in [1.29, 1.82) is 0 Å². The quantitative estimate of drug-likeness (QED) is 0.195. The summed E-state index contributed by atoms with van der Waals surface area (Å²) >= 11 is 0. The van der Waals surface area contributed by atoms with Gasteiger partial charge in [0.15, 0.2) is 11.5 Å². The van der Waals surface area contributed by atoms with Crippen LogP contribution in [0.2, 0.25) is 0 Å². The van der Waals surface area contributed by atoms with Gasteiger partial charge < -0.3 is 19.7 Å². The van der Waals surface area contributed by atoms with Crippen LogP contribution in [-0.2, 0) is 4.79 Å². The molecule has 0 spiro atoms. The molecular weight excluding hydrogens is 532 g/mol. The standard InChI is InChI=1S/C33H38N4O5/c1-23(24-9-5-4-6-10-24)35-17-19-36(20-18-35)28-12-7-11-26-31(28)33(40)37(32(26)39)27(13-8-16-34-22-38)25-14-15-29(41-2)30(21-25)42-3/h4-7,9-12,14-15,21-23,27H,8,13,16-20H2,1-3H3,(H,34,38)/t23-,27?/m1/s1. The van der Waals surface area contributed by atoms with Crippen LogP contribution < -0.4 is 19.7 Å². The lowest BCUT2D eigenvalue weighted by Crippen LogP contribution is -2.47. The number of ether oxygens (including phenoxy) is 2. The minimum atomic E-state index is -0.540. The molecule has 0 bridgehead atoms. The summed E-state index contributed by atoms with van der Waals surface area (Å²) in [6, 6.07) is 21.2. The highest BCUT2D eigenvalue weighted by molar-refractivity contribution is 6.24. The van der Waals surface area contributed by atoms with E-state index in [0.29, 0.717) is 54.5 Å². The van der Waals surface area contributed by atoms with E-state index in [2.05, 4.69) is 46.3 Å². The Labute approximate surface area is 247 Å². The Morgan fingerprint density at radius 2 is 1.60 bits per heavy atom. The number of hydrogen-bond acceptors (Lipinski definition) is 7. The number of fused-ring (bicyclic) bond motifs is 1. The lowest BCUT2D eigenvalue weighted by Gasteiger charge is -2.39. The molecule has 2 aliphatic rings. The van der Waals surface area contributed by atoms with Crippen molar-refractivity contribution in [3.05, 3.63) is 89.0 Å². The van der Waals surface area contributed by atoms with Crippen LogP contribution in [0, 0.1) is 0 Å². The molecule has 1 fully saturated rings. The molecule has 0 aromatic heterocycles. The van der Waals surface area contributed by atoms with Gasteiger partial charge in [-0.1, -0.05) is 42.5 Å². The fourth-order valence-electron chi connectivity index (χ4n) is 6.09. The maximum atomic E-state index is 14.1. The molecule has 3 amide bonds. The van der Waals surface area contributed by atoms with E-state index in [9.17, 15) is 14.4 Å². The molecule has 3 aromatic carbocycles. The SMILES string of the molecule is COc1ccc(C(CCCNC=O)N2C(=O)c3cccc(N4CCN([C@H](C)c5ccccc5)CC4)c3C2=O)cc1OC. The summed E-state index contributed by atoms with van der Waals surface area (Å²) in [5.74, 6) is 0.476. The monoisotopic (exact) mass is 570 g/mol. The number of hydrogen-bond donors (Lipinski definition) is 1. The molecule has 1 saturated heterocycles. The first-order valence-electron chi connectivity index (χ1n) is 14.4. The van der Waals surface area contributed by atoms with Crippen LogP contribution in [0.25, 0.3) is 0 Å². The minimum absolute atomic E-state index is 0.296. The Kier molecular flexibility index (Phi) is 9.07. The first-order chi connectivity index (χ1) is 20.5. The second kappa shape index (κ2) is 13.1. The summed E-state index contributed by atoms with van der Waals surface area (Å²) in [5.41, 5.74) is 3.73. The minimum Gasteiger partial charge on any atom is -0.493 e. The van der Waals surface area contributed by atoms with Crippen molar-refractivity contribution in [2.24, 2.45) is 0 Å². The molecule has 0 aliphatic carbocycles. The molecule has 0 saturated carbocycles. The third-order valence-corrected chi connectivity index (χ3v) is 8.40. The molecule has 9 heteroatoms. The topological polar surface area (TPSA) is 91.4 Å². The van der Waals surface area contributed by atoms with Crippen LogP contribution >= 0.6 is 0 Å². The fourth-order valence-corrected chi connectivity index (χ4v) is 6.09. The first-order valence-corrected chi connectivity index (χ1v) is 14.4. The van der Waals surface area contributed by atoms with Crippen LogP contribution in [0.4, 0.5) is 5.69 Å². The van der Waals surface area contributed by atoms with Gasteiger partial charge in [-0.25, -0.2) is 0 Å². The van der Waals surface area contributed by atoms with Crippen molar-refractivity contribution in [2.45, 2.75) is 31.8 Å². The van der Waals surface area contributed by atoms with E-state index in [-0.39, 0.29) is 11.8 Å². The van der Waals surface area contributed by atoms with E-state index in [1.165, 1.54) is 10.5 Å². The summed E-state index contributed by atoms with van der Waals surface area (Å²) in [7, 11) is 3.12. The second-order valence-corrected chi connectivity index (χ2v) is 10.6. The summed E-state index contributed by atoms with van der Waals surface area (Å²) in [6.07, 6.45) is 1.72. The van der Waals surface area contributed by atoms with E-state index < -0.39 is 6.04 Å². The molecule has 5 rings (SSSR count). The van der Waals surface area contributed by atoms with Gasteiger partial charge in [0.1, 0.15) is 0 Å². The molecule has 9 nitrogen and oxygen atoms in total. The van der Waals surface area contributed by atoms with Crippen LogP contribution in [-0.4, -0.2) is 75.0 Å². The van der Waals surface area contributed by atoms with E-state index in [1.54, 1.807) is 26.4 Å². The molecule has 42 heavy (non-hydrogen) atoms. The molecule has 2 heterocycles. The Morgan fingerprint density at radius 1 is 0.857 bits per heavy atom. The van der Waals surface area contributed by atoms with Crippen LogP contribution in [0.15, 0.2) is 66.7 Å². The maximum absolute atomic E-state index is 14.1. The van der Waals surface area contributed by atoms with Gasteiger partial charge in [-0.15, -0.1) is 0 Å². The van der Waals surface area contributed by atoms with Gasteiger partial charge in [-0.2, -0.15) is 0 Å². The number of imide groups is 1. The van der Waals surface area contributed by atoms with Crippen LogP contribution in [0.3, 0.4) is 0 Å². The summed E-state index contributed by atoms with van der Waals surface area (Å²) in [5, 5.41) is 2.68. The molecule has 1 unspecified atom stereocenters. The molecule has 3 aromatic rings. The van der Waals surface area contributed by atoms with E-state index in [4.69, 9.17) is 9.47 Å². The summed E-state index contributed by atoms with van der Waals surface area (Å²) < 4.78 is 10.9. The Hall–Kier alpha value is -4.37. The zero-order valence-corrected chi connectivity index (χ0v) is 24.4. The average Bonchev–Trinajstić information content (AvgIpc) is 3.30. The predicted molar refractivity (Wildman–Crippen MR) is 161 cm³/mol. The second-order valence-electron chi connectivity index (χ2n) is 10.6. The predicted octanol–water partition coefficient (Wildman–Crippen LogP) is 4.45. The Bertz CT molecular complexity index is 1420. The highest BCUT2D eigenvalue weighted by atomic mass is 16.5. The number of nitrogens with one attached hydrogen (secondary N) is 1. The number of rotatable bonds is 12. The van der Waals surface area contributed by atoms with Crippen LogP contribution in [0.5, 0.6) is 11.5 Å². The van der Waals surface area contributed by atoms with Crippen molar-refractivity contribution in [3.63, 3.8) is 0 Å². The van der Waals surface area contributed by atoms with Crippen LogP contribution in [0.1, 0.15) is 63.7 Å². The lowest BCUT2D eigenvalue weighted by atomic mass is 9.99. The number of nitrogens with zero attached hydrogens (tertiary/aromatic N) is 3. The Balaban J connectivity index is 1.40. The molecule has 220 valence electrons. The Morgan fingerprint density at radius 3 is 2.29 bits per heavy atom. The highest BCUT2D eigenvalue weighted by Gasteiger charge is 2.43. The van der Waals surface area contributed by atoms with Crippen molar-refractivity contribution in [2.75, 3.05) is 51.8 Å². The van der Waals surface area contributed by atoms with Gasteiger partial charge >= 0.3 is 0 Å². The number of methoxy groups -OCH3 is 2. The third kappa shape index (κ3) is 5.69. The molecular formula is C33H38N4O5. The zero-order chi connectivity index (χ0) is 29.6. The van der Waals surface area contributed by atoms with Crippen molar-refractivity contribution in [3.8, 4) is 11.5 Å². The molecule has 1 N–H and O–H groups in total. The number of carbonyl (C=O) groups is 3. The fraction of sp³-hybridized carbons (Fsp3) is 0.364. The van der Waals surface area contributed by atoms with E-state index >= 15 is 0 Å².